The zero-order chi connectivity index (χ0) is 8.91. The highest BCUT2D eigenvalue weighted by molar-refractivity contribution is 5.78. The van der Waals surface area contributed by atoms with E-state index in [-0.39, 0.29) is 5.41 Å². The van der Waals surface area contributed by atoms with Crippen LogP contribution in [0.2, 0.25) is 0 Å². The number of nitrogens with two attached hydrogens (primary N) is 1. The molecular weight excluding hydrogens is 138 g/mol. The Morgan fingerprint density at radius 1 is 1.27 bits per heavy atom. The summed E-state index contributed by atoms with van der Waals surface area (Å²) in [4.78, 5) is 11.0. The van der Waals surface area contributed by atoms with Crippen molar-refractivity contribution in [3.63, 3.8) is 0 Å². The molecule has 0 bridgehead atoms. The molecule has 0 radical (unpaired) electrons. The number of rotatable bonds is 4. The molecule has 0 aliphatic rings. The summed E-state index contributed by atoms with van der Waals surface area (Å²) in [6.07, 6.45) is 2.18. The summed E-state index contributed by atoms with van der Waals surface area (Å²) in [5.74, 6) is 0.294. The molecule has 0 aromatic carbocycles. The second-order valence-electron chi connectivity index (χ2n) is 4.14. The summed E-state index contributed by atoms with van der Waals surface area (Å²) >= 11 is 0. The van der Waals surface area contributed by atoms with E-state index in [1.165, 1.54) is 0 Å². The molecule has 66 valence electrons. The minimum absolute atomic E-state index is 0.268. The van der Waals surface area contributed by atoms with Gasteiger partial charge in [0.1, 0.15) is 5.78 Å². The zero-order valence-corrected chi connectivity index (χ0v) is 7.81. The van der Waals surface area contributed by atoms with Crippen molar-refractivity contribution >= 4 is 5.78 Å². The molecule has 0 unspecified atom stereocenters. The van der Waals surface area contributed by atoms with Crippen LogP contribution >= 0.6 is 0 Å². The number of Topliss-reactive ketones (excluding diaryl/α,β-unsaturated/α-hetero) is 1. The molecule has 2 heteroatoms. The van der Waals surface area contributed by atoms with Crippen molar-refractivity contribution in [3.05, 3.63) is 0 Å². The average Bonchev–Trinajstić information content (AvgIpc) is 1.83. The molecule has 0 aliphatic carbocycles. The van der Waals surface area contributed by atoms with Gasteiger partial charge in [-0.25, -0.2) is 0 Å². The van der Waals surface area contributed by atoms with Crippen LogP contribution in [-0.4, -0.2) is 12.3 Å². The van der Waals surface area contributed by atoms with Gasteiger partial charge in [-0.1, -0.05) is 20.8 Å². The predicted molar refractivity (Wildman–Crippen MR) is 47.4 cm³/mol. The van der Waals surface area contributed by atoms with E-state index >= 15 is 0 Å². The van der Waals surface area contributed by atoms with Crippen LogP contribution in [0.1, 0.15) is 40.0 Å². The Balaban J connectivity index is 3.46. The Labute approximate surface area is 69.2 Å². The van der Waals surface area contributed by atoms with E-state index in [0.717, 1.165) is 6.42 Å². The molecule has 0 rings (SSSR count). The van der Waals surface area contributed by atoms with E-state index < -0.39 is 0 Å². The van der Waals surface area contributed by atoms with Crippen molar-refractivity contribution in [1.82, 2.24) is 0 Å². The van der Waals surface area contributed by atoms with Crippen LogP contribution in [-0.2, 0) is 4.79 Å². The summed E-state index contributed by atoms with van der Waals surface area (Å²) in [6, 6.07) is 0. The highest BCUT2D eigenvalue weighted by Crippen LogP contribution is 2.20. The van der Waals surface area contributed by atoms with Gasteiger partial charge >= 0.3 is 0 Å². The molecular formula is C9H19NO. The second-order valence-corrected chi connectivity index (χ2v) is 4.14. The molecule has 0 saturated heterocycles. The van der Waals surface area contributed by atoms with Crippen molar-refractivity contribution in [2.75, 3.05) is 6.54 Å². The minimum Gasteiger partial charge on any atom is -0.330 e. The van der Waals surface area contributed by atoms with Crippen molar-refractivity contribution in [2.24, 2.45) is 11.1 Å². The summed E-state index contributed by atoms with van der Waals surface area (Å²) in [7, 11) is 0. The quantitative estimate of drug-likeness (QED) is 0.675. The maximum atomic E-state index is 11.0. The zero-order valence-electron chi connectivity index (χ0n) is 7.81. The third-order valence-corrected chi connectivity index (χ3v) is 1.58. The third-order valence-electron chi connectivity index (χ3n) is 1.58. The Bertz CT molecular complexity index is 124. The average molecular weight is 157 g/mol. The van der Waals surface area contributed by atoms with Crippen LogP contribution in [0.5, 0.6) is 0 Å². The van der Waals surface area contributed by atoms with Gasteiger partial charge in [-0.2, -0.15) is 0 Å². The van der Waals surface area contributed by atoms with Crippen molar-refractivity contribution < 1.29 is 4.79 Å². The molecule has 0 amide bonds. The topological polar surface area (TPSA) is 43.1 Å². The van der Waals surface area contributed by atoms with Gasteiger partial charge in [-0.3, -0.25) is 4.79 Å². The lowest BCUT2D eigenvalue weighted by molar-refractivity contribution is -0.119. The van der Waals surface area contributed by atoms with Crippen LogP contribution in [0.25, 0.3) is 0 Å². The lowest BCUT2D eigenvalue weighted by Gasteiger charge is -2.16. The maximum Gasteiger partial charge on any atom is 0.134 e. The van der Waals surface area contributed by atoms with E-state index in [4.69, 9.17) is 5.73 Å². The van der Waals surface area contributed by atoms with Crippen LogP contribution in [0.4, 0.5) is 0 Å². The second kappa shape index (κ2) is 4.50. The molecule has 0 heterocycles. The highest BCUT2D eigenvalue weighted by atomic mass is 16.1. The Morgan fingerprint density at radius 2 is 1.82 bits per heavy atom. The molecule has 0 spiro atoms. The number of hydrogen-bond acceptors (Lipinski definition) is 2. The summed E-state index contributed by atoms with van der Waals surface area (Å²) in [6.45, 7) is 6.91. The first-order valence-corrected chi connectivity index (χ1v) is 4.17. The van der Waals surface area contributed by atoms with E-state index in [0.29, 0.717) is 25.2 Å². The first-order chi connectivity index (χ1) is 4.95. The van der Waals surface area contributed by atoms with Crippen LogP contribution in [0.3, 0.4) is 0 Å². The van der Waals surface area contributed by atoms with Gasteiger partial charge in [0.2, 0.25) is 0 Å². The highest BCUT2D eigenvalue weighted by Gasteiger charge is 2.11. The van der Waals surface area contributed by atoms with Crippen LogP contribution in [0, 0.1) is 5.41 Å². The van der Waals surface area contributed by atoms with Crippen LogP contribution < -0.4 is 5.73 Å². The largest absolute Gasteiger partial charge is 0.330 e. The molecule has 0 fully saturated rings. The molecule has 0 saturated carbocycles. The SMILES string of the molecule is CC(C)(C)CCC(=O)CCN. The molecule has 0 aromatic rings. The Hall–Kier alpha value is -0.370. The monoisotopic (exact) mass is 157 g/mol. The summed E-state index contributed by atoms with van der Waals surface area (Å²) in [5, 5.41) is 0. The van der Waals surface area contributed by atoms with Crippen molar-refractivity contribution in [1.29, 1.82) is 0 Å². The number of carbonyl (C=O) groups excluding carboxylic acids is 1. The Kier molecular flexibility index (Phi) is 4.34. The van der Waals surface area contributed by atoms with Gasteiger partial charge in [0, 0.05) is 12.8 Å². The summed E-state index contributed by atoms with van der Waals surface area (Å²) in [5.41, 5.74) is 5.52. The van der Waals surface area contributed by atoms with Gasteiger partial charge in [0.05, 0.1) is 0 Å². The van der Waals surface area contributed by atoms with Gasteiger partial charge in [0.15, 0.2) is 0 Å². The smallest absolute Gasteiger partial charge is 0.134 e. The molecule has 2 nitrogen and oxygen atoms in total. The maximum absolute atomic E-state index is 11.0. The van der Waals surface area contributed by atoms with E-state index in [1.54, 1.807) is 0 Å². The fraction of sp³-hybridized carbons (Fsp3) is 0.889. The number of carbonyl (C=O) groups is 1. The summed E-state index contributed by atoms with van der Waals surface area (Å²) < 4.78 is 0. The molecule has 0 aromatic heterocycles. The Morgan fingerprint density at radius 3 is 2.18 bits per heavy atom. The first-order valence-electron chi connectivity index (χ1n) is 4.17. The standard InChI is InChI=1S/C9H19NO/c1-9(2,3)6-4-8(11)5-7-10/h4-7,10H2,1-3H3. The van der Waals surface area contributed by atoms with Crippen LogP contribution in [0.15, 0.2) is 0 Å². The van der Waals surface area contributed by atoms with E-state index in [2.05, 4.69) is 20.8 Å². The van der Waals surface area contributed by atoms with Crippen molar-refractivity contribution in [2.45, 2.75) is 40.0 Å². The lowest BCUT2D eigenvalue weighted by Crippen LogP contribution is -2.12. The molecule has 0 aliphatic heterocycles. The normalized spacial score (nSPS) is 11.6. The van der Waals surface area contributed by atoms with Gasteiger partial charge in [-0.15, -0.1) is 0 Å². The molecule has 2 N–H and O–H groups in total. The molecule has 11 heavy (non-hydrogen) atoms. The van der Waals surface area contributed by atoms with Gasteiger partial charge < -0.3 is 5.73 Å². The van der Waals surface area contributed by atoms with E-state index in [9.17, 15) is 4.79 Å². The lowest BCUT2D eigenvalue weighted by atomic mass is 9.89. The molecule has 0 atom stereocenters. The minimum atomic E-state index is 0.268. The fourth-order valence-electron chi connectivity index (χ4n) is 0.800. The number of ketones is 1. The predicted octanol–water partition coefficient (Wildman–Crippen LogP) is 1.73. The fourth-order valence-corrected chi connectivity index (χ4v) is 0.800. The van der Waals surface area contributed by atoms with E-state index in [1.807, 2.05) is 0 Å². The van der Waals surface area contributed by atoms with Gasteiger partial charge in [-0.05, 0) is 18.4 Å². The third kappa shape index (κ3) is 7.53. The van der Waals surface area contributed by atoms with Crippen molar-refractivity contribution in [3.8, 4) is 0 Å². The first kappa shape index (κ1) is 10.6. The number of hydrogen-bond donors (Lipinski definition) is 1. The van der Waals surface area contributed by atoms with Gasteiger partial charge in [0.25, 0.3) is 0 Å².